The molecule has 0 saturated carbocycles. The van der Waals surface area contributed by atoms with E-state index in [9.17, 15) is 8.42 Å². The summed E-state index contributed by atoms with van der Waals surface area (Å²) in [5.41, 5.74) is 6.15. The second kappa shape index (κ2) is 5.97. The van der Waals surface area contributed by atoms with Crippen molar-refractivity contribution in [3.8, 4) is 0 Å². The van der Waals surface area contributed by atoms with Gasteiger partial charge in [-0.05, 0) is 19.4 Å². The Hall–Kier alpha value is -0.920. The summed E-state index contributed by atoms with van der Waals surface area (Å²) >= 11 is 0. The summed E-state index contributed by atoms with van der Waals surface area (Å²) in [4.78, 5) is 0. The molecule has 0 fully saturated rings. The minimum Gasteiger partial charge on any atom is -0.330 e. The molecule has 92 valence electrons. The van der Waals surface area contributed by atoms with E-state index in [1.807, 2.05) is 0 Å². The van der Waals surface area contributed by atoms with E-state index < -0.39 is 10.0 Å². The fourth-order valence-electron chi connectivity index (χ4n) is 1.27. The maximum atomic E-state index is 11.5. The van der Waals surface area contributed by atoms with Crippen LogP contribution in [0, 0.1) is 0 Å². The highest BCUT2D eigenvalue weighted by atomic mass is 32.2. The van der Waals surface area contributed by atoms with Crippen molar-refractivity contribution in [3.05, 3.63) is 18.0 Å². The largest absolute Gasteiger partial charge is 0.330 e. The molecule has 3 N–H and O–H groups in total. The van der Waals surface area contributed by atoms with Crippen molar-refractivity contribution in [3.63, 3.8) is 0 Å². The predicted octanol–water partition coefficient (Wildman–Crippen LogP) is -0.422. The van der Waals surface area contributed by atoms with E-state index in [4.69, 9.17) is 5.73 Å². The maximum absolute atomic E-state index is 11.5. The molecule has 0 saturated heterocycles. The van der Waals surface area contributed by atoms with Crippen LogP contribution in [0.3, 0.4) is 0 Å². The minimum absolute atomic E-state index is 0.129. The third kappa shape index (κ3) is 4.73. The molecule has 1 aromatic rings. The van der Waals surface area contributed by atoms with E-state index >= 15 is 0 Å². The zero-order chi connectivity index (χ0) is 12.0. The molecule has 0 amide bonds. The van der Waals surface area contributed by atoms with Crippen LogP contribution in [-0.2, 0) is 23.6 Å². The summed E-state index contributed by atoms with van der Waals surface area (Å²) < 4.78 is 27.2. The third-order valence-corrected chi connectivity index (χ3v) is 3.53. The van der Waals surface area contributed by atoms with Gasteiger partial charge >= 0.3 is 0 Å². The number of nitrogens with two attached hydrogens (primary N) is 1. The Morgan fingerprint density at radius 3 is 2.81 bits per heavy atom. The molecule has 0 aliphatic heterocycles. The van der Waals surface area contributed by atoms with Gasteiger partial charge in [0.2, 0.25) is 10.0 Å². The van der Waals surface area contributed by atoms with Crippen molar-refractivity contribution in [2.75, 3.05) is 12.3 Å². The van der Waals surface area contributed by atoms with Crippen molar-refractivity contribution >= 4 is 10.0 Å². The van der Waals surface area contributed by atoms with E-state index in [1.54, 1.807) is 24.1 Å². The zero-order valence-electron chi connectivity index (χ0n) is 9.39. The first kappa shape index (κ1) is 13.1. The van der Waals surface area contributed by atoms with Gasteiger partial charge in [0.15, 0.2) is 0 Å². The third-order valence-electron chi connectivity index (χ3n) is 2.12. The molecule has 7 heteroatoms. The molecule has 0 bridgehead atoms. The molecule has 0 atom stereocenters. The first-order valence-electron chi connectivity index (χ1n) is 5.18. The second-order valence-electron chi connectivity index (χ2n) is 3.66. The summed E-state index contributed by atoms with van der Waals surface area (Å²) in [6, 6.07) is 0. The lowest BCUT2D eigenvalue weighted by Crippen LogP contribution is -2.26. The highest BCUT2D eigenvalue weighted by molar-refractivity contribution is 7.89. The van der Waals surface area contributed by atoms with Gasteiger partial charge in [-0.3, -0.25) is 4.68 Å². The lowest BCUT2D eigenvalue weighted by molar-refractivity contribution is 0.577. The van der Waals surface area contributed by atoms with E-state index in [2.05, 4.69) is 9.82 Å². The topological polar surface area (TPSA) is 90.0 Å². The number of rotatable bonds is 7. The average molecular weight is 246 g/mol. The molecular formula is C9H18N4O2S. The molecule has 0 aromatic carbocycles. The van der Waals surface area contributed by atoms with Crippen LogP contribution in [-0.4, -0.2) is 30.5 Å². The quantitative estimate of drug-likeness (QED) is 0.639. The number of sulfonamides is 1. The summed E-state index contributed by atoms with van der Waals surface area (Å²) in [6.45, 7) is 0.816. The van der Waals surface area contributed by atoms with Crippen LogP contribution in [0.1, 0.15) is 18.4 Å². The Balaban J connectivity index is 2.36. The smallest absolute Gasteiger partial charge is 0.211 e. The van der Waals surface area contributed by atoms with Gasteiger partial charge in [0.05, 0.1) is 11.9 Å². The molecular weight excluding hydrogens is 228 g/mol. The predicted molar refractivity (Wildman–Crippen MR) is 62.1 cm³/mol. The van der Waals surface area contributed by atoms with Gasteiger partial charge in [0, 0.05) is 25.4 Å². The molecule has 0 unspecified atom stereocenters. The van der Waals surface area contributed by atoms with E-state index in [0.717, 1.165) is 12.0 Å². The van der Waals surface area contributed by atoms with Crippen LogP contribution in [0.5, 0.6) is 0 Å². The number of unbranched alkanes of at least 4 members (excludes halogenated alkanes) is 1. The molecule has 0 aliphatic carbocycles. The lowest BCUT2D eigenvalue weighted by atomic mass is 10.3. The Bertz CT molecular complexity index is 413. The number of aryl methyl sites for hydroxylation is 1. The van der Waals surface area contributed by atoms with Crippen LogP contribution in [0.15, 0.2) is 12.4 Å². The fourth-order valence-corrected chi connectivity index (χ4v) is 2.38. The van der Waals surface area contributed by atoms with E-state index in [0.29, 0.717) is 19.5 Å². The highest BCUT2D eigenvalue weighted by Gasteiger charge is 2.09. The standard InChI is InChI=1S/C9H18N4O2S/c1-13-8-9(6-11-13)7-12-16(14,15)5-3-2-4-10/h6,8,12H,2-5,7,10H2,1H3. The number of aromatic nitrogens is 2. The van der Waals surface area contributed by atoms with Crippen LogP contribution < -0.4 is 10.5 Å². The number of hydrogen-bond donors (Lipinski definition) is 2. The summed E-state index contributed by atoms with van der Waals surface area (Å²) in [7, 11) is -1.39. The van der Waals surface area contributed by atoms with E-state index in [1.165, 1.54) is 0 Å². The first-order valence-corrected chi connectivity index (χ1v) is 6.83. The fraction of sp³-hybridized carbons (Fsp3) is 0.667. The second-order valence-corrected chi connectivity index (χ2v) is 5.58. The summed E-state index contributed by atoms with van der Waals surface area (Å²) in [5.74, 6) is 0.129. The number of nitrogens with zero attached hydrogens (tertiary/aromatic N) is 2. The summed E-state index contributed by atoms with van der Waals surface area (Å²) in [5, 5.41) is 3.96. The molecule has 1 heterocycles. The van der Waals surface area contributed by atoms with Crippen molar-refractivity contribution < 1.29 is 8.42 Å². The number of hydrogen-bond acceptors (Lipinski definition) is 4. The van der Waals surface area contributed by atoms with Gasteiger partial charge in [-0.15, -0.1) is 0 Å². The lowest BCUT2D eigenvalue weighted by Gasteiger charge is -2.04. The Kier molecular flexibility index (Phi) is 4.91. The number of nitrogens with one attached hydrogen (secondary N) is 1. The zero-order valence-corrected chi connectivity index (χ0v) is 10.2. The Morgan fingerprint density at radius 1 is 1.50 bits per heavy atom. The molecule has 16 heavy (non-hydrogen) atoms. The van der Waals surface area contributed by atoms with Crippen LogP contribution in [0.4, 0.5) is 0 Å². The SMILES string of the molecule is Cn1cc(CNS(=O)(=O)CCCCN)cn1. The summed E-state index contributed by atoms with van der Waals surface area (Å²) in [6.07, 6.45) is 4.75. The van der Waals surface area contributed by atoms with Crippen molar-refractivity contribution in [1.29, 1.82) is 0 Å². The van der Waals surface area contributed by atoms with Crippen LogP contribution >= 0.6 is 0 Å². The maximum Gasteiger partial charge on any atom is 0.211 e. The van der Waals surface area contributed by atoms with Gasteiger partial charge in [0.25, 0.3) is 0 Å². The van der Waals surface area contributed by atoms with Crippen LogP contribution in [0.25, 0.3) is 0 Å². The van der Waals surface area contributed by atoms with Gasteiger partial charge in [0.1, 0.15) is 0 Å². The molecule has 0 aliphatic rings. The normalized spacial score (nSPS) is 11.9. The first-order chi connectivity index (χ1) is 7.53. The Labute approximate surface area is 95.9 Å². The van der Waals surface area contributed by atoms with Gasteiger partial charge in [-0.1, -0.05) is 0 Å². The monoisotopic (exact) mass is 246 g/mol. The molecule has 1 aromatic heterocycles. The van der Waals surface area contributed by atoms with E-state index in [-0.39, 0.29) is 5.75 Å². The van der Waals surface area contributed by atoms with Crippen LogP contribution in [0.2, 0.25) is 0 Å². The molecule has 0 spiro atoms. The Morgan fingerprint density at radius 2 is 2.25 bits per heavy atom. The van der Waals surface area contributed by atoms with Gasteiger partial charge < -0.3 is 5.73 Å². The average Bonchev–Trinajstić information content (AvgIpc) is 2.62. The van der Waals surface area contributed by atoms with Gasteiger partial charge in [-0.25, -0.2) is 13.1 Å². The minimum atomic E-state index is -3.19. The molecule has 6 nitrogen and oxygen atoms in total. The van der Waals surface area contributed by atoms with Crippen molar-refractivity contribution in [2.45, 2.75) is 19.4 Å². The van der Waals surface area contributed by atoms with Gasteiger partial charge in [-0.2, -0.15) is 5.10 Å². The highest BCUT2D eigenvalue weighted by Crippen LogP contribution is 1.98. The molecule has 0 radical (unpaired) electrons. The van der Waals surface area contributed by atoms with Crippen molar-refractivity contribution in [1.82, 2.24) is 14.5 Å². The van der Waals surface area contributed by atoms with Crippen molar-refractivity contribution in [2.24, 2.45) is 12.8 Å². The molecule has 1 rings (SSSR count).